The molecule has 1 aromatic carbocycles. The van der Waals surface area contributed by atoms with E-state index < -0.39 is 0 Å². The lowest BCUT2D eigenvalue weighted by Crippen LogP contribution is -1.92. The van der Waals surface area contributed by atoms with Crippen LogP contribution in [0.3, 0.4) is 0 Å². The van der Waals surface area contributed by atoms with Crippen molar-refractivity contribution in [2.75, 3.05) is 12.4 Å². The number of nitrogens with one attached hydrogen (secondary N) is 1. The number of aryl methyl sites for hydroxylation is 1. The van der Waals surface area contributed by atoms with Crippen LogP contribution in [0.15, 0.2) is 30.3 Å². The van der Waals surface area contributed by atoms with Gasteiger partial charge in [-0.1, -0.05) is 18.3 Å². The van der Waals surface area contributed by atoms with Crippen LogP contribution in [0.2, 0.25) is 0 Å². The lowest BCUT2D eigenvalue weighted by atomic mass is 10.2. The molecule has 0 aliphatic carbocycles. The second-order valence-corrected chi connectivity index (χ2v) is 5.42. The number of benzene rings is 1. The fourth-order valence-electron chi connectivity index (χ4n) is 2.03. The second-order valence-electron chi connectivity index (χ2n) is 4.44. The Bertz CT molecular complexity index is 767. The fraction of sp³-hybridized carbons (Fsp3) is 0.200. The van der Waals surface area contributed by atoms with Gasteiger partial charge < -0.3 is 5.32 Å². The zero-order chi connectivity index (χ0) is 14.1. The van der Waals surface area contributed by atoms with Gasteiger partial charge in [0, 0.05) is 18.3 Å². The van der Waals surface area contributed by atoms with Crippen LogP contribution in [-0.4, -0.2) is 17.0 Å². The van der Waals surface area contributed by atoms with Crippen molar-refractivity contribution in [3.8, 4) is 10.6 Å². The molecule has 2 aromatic heterocycles. The van der Waals surface area contributed by atoms with Crippen LogP contribution >= 0.6 is 11.3 Å². The summed E-state index contributed by atoms with van der Waals surface area (Å²) in [6.45, 7) is 2.07. The molecule has 3 aromatic rings. The molecule has 2 heterocycles. The molecule has 0 spiro atoms. The predicted octanol–water partition coefficient (Wildman–Crippen LogP) is 4.10. The van der Waals surface area contributed by atoms with Crippen molar-refractivity contribution in [3.05, 3.63) is 41.8 Å². The fourth-order valence-corrected chi connectivity index (χ4v) is 2.98. The molecule has 3 nitrogen and oxygen atoms in total. The molecule has 0 saturated heterocycles. The first-order valence-electron chi connectivity index (χ1n) is 6.45. The van der Waals surface area contributed by atoms with Gasteiger partial charge in [-0.15, -0.1) is 0 Å². The topological polar surface area (TPSA) is 37.8 Å². The Morgan fingerprint density at radius 2 is 2.05 bits per heavy atom. The van der Waals surface area contributed by atoms with Crippen molar-refractivity contribution in [3.63, 3.8) is 0 Å². The summed E-state index contributed by atoms with van der Waals surface area (Å²) in [5.74, 6) is -0.272. The van der Waals surface area contributed by atoms with E-state index in [2.05, 4.69) is 22.2 Å². The molecule has 1 N–H and O–H groups in total. The van der Waals surface area contributed by atoms with Gasteiger partial charge in [0.1, 0.15) is 21.2 Å². The highest BCUT2D eigenvalue weighted by Crippen LogP contribution is 2.31. The first-order chi connectivity index (χ1) is 9.71. The first kappa shape index (κ1) is 13.0. The smallest absolute Gasteiger partial charge is 0.146 e. The maximum absolute atomic E-state index is 13.8. The minimum atomic E-state index is -0.272. The number of rotatable bonds is 3. The highest BCUT2D eigenvalue weighted by molar-refractivity contribution is 7.21. The van der Waals surface area contributed by atoms with Crippen molar-refractivity contribution < 1.29 is 4.39 Å². The molecule has 0 unspecified atom stereocenters. The van der Waals surface area contributed by atoms with E-state index in [4.69, 9.17) is 0 Å². The molecule has 0 atom stereocenters. The Kier molecular flexibility index (Phi) is 3.36. The van der Waals surface area contributed by atoms with Gasteiger partial charge >= 0.3 is 0 Å². The van der Waals surface area contributed by atoms with Crippen LogP contribution in [0.4, 0.5) is 10.1 Å². The summed E-state index contributed by atoms with van der Waals surface area (Å²) in [6, 6.07) is 9.05. The van der Waals surface area contributed by atoms with Gasteiger partial charge in [-0.25, -0.2) is 14.4 Å². The van der Waals surface area contributed by atoms with E-state index in [1.165, 1.54) is 17.4 Å². The van der Waals surface area contributed by atoms with Crippen LogP contribution < -0.4 is 5.32 Å². The summed E-state index contributed by atoms with van der Waals surface area (Å²) in [5, 5.41) is 3.61. The Labute approximate surface area is 120 Å². The third kappa shape index (κ3) is 2.25. The van der Waals surface area contributed by atoms with Gasteiger partial charge in [0.2, 0.25) is 0 Å². The van der Waals surface area contributed by atoms with Crippen molar-refractivity contribution in [1.29, 1.82) is 0 Å². The van der Waals surface area contributed by atoms with Crippen molar-refractivity contribution in [1.82, 2.24) is 9.97 Å². The molecule has 3 rings (SSSR count). The van der Waals surface area contributed by atoms with Crippen molar-refractivity contribution >= 4 is 27.4 Å². The van der Waals surface area contributed by atoms with Gasteiger partial charge in [0.25, 0.3) is 0 Å². The average Bonchev–Trinajstić information content (AvgIpc) is 2.89. The molecule has 102 valence electrons. The predicted molar refractivity (Wildman–Crippen MR) is 81.7 cm³/mol. The monoisotopic (exact) mass is 287 g/mol. The largest absolute Gasteiger partial charge is 0.386 e. The number of fused-ring (bicyclic) bond motifs is 1. The lowest BCUT2D eigenvalue weighted by Gasteiger charge is -2.03. The molecule has 20 heavy (non-hydrogen) atoms. The van der Waals surface area contributed by atoms with Crippen LogP contribution in [0.1, 0.15) is 12.6 Å². The van der Waals surface area contributed by atoms with Crippen LogP contribution in [0.25, 0.3) is 20.9 Å². The number of anilines is 1. The molecular weight excluding hydrogens is 273 g/mol. The van der Waals surface area contributed by atoms with Gasteiger partial charge in [-0.05, 0) is 36.8 Å². The maximum Gasteiger partial charge on any atom is 0.146 e. The van der Waals surface area contributed by atoms with Crippen molar-refractivity contribution in [2.24, 2.45) is 0 Å². The number of pyridine rings is 1. The number of hydrogen-bond acceptors (Lipinski definition) is 4. The van der Waals surface area contributed by atoms with E-state index in [0.29, 0.717) is 5.69 Å². The van der Waals surface area contributed by atoms with Crippen LogP contribution in [0.5, 0.6) is 0 Å². The molecule has 0 radical (unpaired) electrons. The summed E-state index contributed by atoms with van der Waals surface area (Å²) in [4.78, 5) is 9.97. The third-order valence-corrected chi connectivity index (χ3v) is 4.17. The number of hydrogen-bond donors (Lipinski definition) is 1. The standard InChI is InChI=1S/C15H14FN3S/c1-3-10-5-7-13-15(18-10)20-14(19-13)9-4-6-12(17-2)11(16)8-9/h4-8,17H,3H2,1-2H3. The highest BCUT2D eigenvalue weighted by Gasteiger charge is 2.10. The summed E-state index contributed by atoms with van der Waals surface area (Å²) in [5.41, 5.74) is 3.17. The first-order valence-corrected chi connectivity index (χ1v) is 7.27. The van der Waals surface area contributed by atoms with E-state index in [9.17, 15) is 4.39 Å². The molecule has 0 amide bonds. The van der Waals surface area contributed by atoms with E-state index >= 15 is 0 Å². The van der Waals surface area contributed by atoms with E-state index in [0.717, 1.165) is 33.0 Å². The third-order valence-electron chi connectivity index (χ3n) is 3.16. The molecule has 0 fully saturated rings. The molecule has 0 bridgehead atoms. The summed E-state index contributed by atoms with van der Waals surface area (Å²) < 4.78 is 13.8. The Morgan fingerprint density at radius 1 is 1.20 bits per heavy atom. The second kappa shape index (κ2) is 5.17. The number of halogens is 1. The van der Waals surface area contributed by atoms with E-state index in [1.807, 2.05) is 18.2 Å². The van der Waals surface area contributed by atoms with Crippen LogP contribution in [0, 0.1) is 5.82 Å². The van der Waals surface area contributed by atoms with Gasteiger partial charge in [-0.3, -0.25) is 0 Å². The number of nitrogens with zero attached hydrogens (tertiary/aromatic N) is 2. The molecule has 5 heteroatoms. The quantitative estimate of drug-likeness (QED) is 0.788. The summed E-state index contributed by atoms with van der Waals surface area (Å²) in [6.07, 6.45) is 0.897. The zero-order valence-electron chi connectivity index (χ0n) is 11.3. The molecule has 0 aliphatic heterocycles. The summed E-state index contributed by atoms with van der Waals surface area (Å²) >= 11 is 1.49. The summed E-state index contributed by atoms with van der Waals surface area (Å²) in [7, 11) is 1.70. The SMILES string of the molecule is CCc1ccc2nc(-c3ccc(NC)c(F)c3)sc2n1. The highest BCUT2D eigenvalue weighted by atomic mass is 32.1. The molecule has 0 saturated carbocycles. The van der Waals surface area contributed by atoms with Gasteiger partial charge in [0.05, 0.1) is 5.69 Å². The molecular formula is C15H14FN3S. The maximum atomic E-state index is 13.8. The van der Waals surface area contributed by atoms with E-state index in [-0.39, 0.29) is 5.82 Å². The zero-order valence-corrected chi connectivity index (χ0v) is 12.1. The minimum absolute atomic E-state index is 0.272. The van der Waals surface area contributed by atoms with Gasteiger partial charge in [-0.2, -0.15) is 0 Å². The Morgan fingerprint density at radius 3 is 2.75 bits per heavy atom. The van der Waals surface area contributed by atoms with Crippen molar-refractivity contribution in [2.45, 2.75) is 13.3 Å². The minimum Gasteiger partial charge on any atom is -0.386 e. The lowest BCUT2D eigenvalue weighted by molar-refractivity contribution is 0.632. The molecule has 0 aliphatic rings. The van der Waals surface area contributed by atoms with Crippen LogP contribution in [-0.2, 0) is 6.42 Å². The Hall–Kier alpha value is -2.01. The Balaban J connectivity index is 2.07. The van der Waals surface area contributed by atoms with Gasteiger partial charge in [0.15, 0.2) is 0 Å². The number of aromatic nitrogens is 2. The normalized spacial score (nSPS) is 10.9. The van der Waals surface area contributed by atoms with E-state index in [1.54, 1.807) is 13.1 Å². The average molecular weight is 287 g/mol. The number of thiazole rings is 1.